The van der Waals surface area contributed by atoms with E-state index in [1.807, 2.05) is 13.8 Å². The van der Waals surface area contributed by atoms with Gasteiger partial charge in [-0.3, -0.25) is 4.57 Å². The second-order valence-electron chi connectivity index (χ2n) is 5.69. The van der Waals surface area contributed by atoms with Crippen LogP contribution < -0.4 is 0 Å². The predicted octanol–water partition coefficient (Wildman–Crippen LogP) is 4.26. The molecule has 0 aromatic carbocycles. The average molecular weight is 256 g/mol. The van der Waals surface area contributed by atoms with Crippen LogP contribution in [0.2, 0.25) is 0 Å². The Kier molecular flexibility index (Phi) is 3.95. The highest BCUT2D eigenvalue weighted by Gasteiger charge is 2.34. The predicted molar refractivity (Wildman–Crippen MR) is 68.0 cm³/mol. The first-order chi connectivity index (χ1) is 7.99. The van der Waals surface area contributed by atoms with Gasteiger partial charge in [-0.1, -0.05) is 20.3 Å². The Bertz CT molecular complexity index is 369. The zero-order chi connectivity index (χ0) is 12.4. The highest BCUT2D eigenvalue weighted by molar-refractivity contribution is 7.57. The molecule has 0 aromatic heterocycles. The summed E-state index contributed by atoms with van der Waals surface area (Å²) in [6.07, 6.45) is 5.87. The molecule has 0 N–H and O–H groups in total. The molecule has 0 aromatic rings. The zero-order valence-corrected chi connectivity index (χ0v) is 11.6. The largest absolute Gasteiger partial charge is 0.361 e. The third-order valence-corrected chi connectivity index (χ3v) is 4.58. The summed E-state index contributed by atoms with van der Waals surface area (Å²) in [6.45, 7) is 5.05. The maximum absolute atomic E-state index is 12.2. The van der Waals surface area contributed by atoms with Gasteiger partial charge in [-0.2, -0.15) is 0 Å². The molecule has 3 nitrogen and oxygen atoms in total. The number of rotatable bonds is 1. The van der Waals surface area contributed by atoms with Crippen LogP contribution in [-0.4, -0.2) is 13.2 Å². The molecule has 0 amide bonds. The average Bonchev–Trinajstić information content (AvgIpc) is 2.33. The van der Waals surface area contributed by atoms with Crippen LogP contribution in [0, 0.1) is 5.41 Å². The van der Waals surface area contributed by atoms with E-state index in [1.165, 1.54) is 30.7 Å². The lowest BCUT2D eigenvalue weighted by Crippen LogP contribution is -2.28. The van der Waals surface area contributed by atoms with Gasteiger partial charge in [0.2, 0.25) is 0 Å². The Hall–Kier alpha value is -0.330. The fourth-order valence-corrected chi connectivity index (χ4v) is 3.60. The fraction of sp³-hybridized carbons (Fsp3) is 0.769. The second-order valence-corrected chi connectivity index (χ2v) is 7.54. The van der Waals surface area contributed by atoms with Gasteiger partial charge in [0, 0.05) is 5.41 Å². The minimum absolute atomic E-state index is 0.0419. The van der Waals surface area contributed by atoms with E-state index in [2.05, 4.69) is 5.73 Å². The summed E-state index contributed by atoms with van der Waals surface area (Å²) in [5.41, 5.74) is 4.35. The summed E-state index contributed by atoms with van der Waals surface area (Å²) in [4.78, 5) is 0. The molecule has 0 atom stereocenters. The van der Waals surface area contributed by atoms with Crippen LogP contribution >= 0.6 is 7.60 Å². The molecular weight excluding hydrogens is 235 g/mol. The summed E-state index contributed by atoms with van der Waals surface area (Å²) in [6, 6.07) is 0. The molecule has 1 saturated carbocycles. The Morgan fingerprint density at radius 3 is 2.35 bits per heavy atom. The summed E-state index contributed by atoms with van der Waals surface area (Å²) >= 11 is 0. The molecule has 2 aliphatic rings. The molecule has 1 heterocycles. The van der Waals surface area contributed by atoms with Gasteiger partial charge in [-0.05, 0) is 31.3 Å². The van der Waals surface area contributed by atoms with Gasteiger partial charge >= 0.3 is 7.60 Å². The van der Waals surface area contributed by atoms with E-state index in [0.717, 1.165) is 12.8 Å². The van der Waals surface area contributed by atoms with Crippen LogP contribution in [0.15, 0.2) is 17.1 Å². The van der Waals surface area contributed by atoms with Gasteiger partial charge in [-0.25, -0.2) is 0 Å². The Labute approximate surface area is 103 Å². The topological polar surface area (TPSA) is 35.5 Å². The van der Waals surface area contributed by atoms with Crippen molar-refractivity contribution in [3.8, 4) is 0 Å². The lowest BCUT2D eigenvalue weighted by Gasteiger charge is -2.32. The Balaban J connectivity index is 2.03. The lowest BCUT2D eigenvalue weighted by molar-refractivity contribution is 0.0457. The monoisotopic (exact) mass is 256 g/mol. The molecule has 1 saturated heterocycles. The molecule has 17 heavy (non-hydrogen) atoms. The number of hydrogen-bond donors (Lipinski definition) is 0. The van der Waals surface area contributed by atoms with Gasteiger partial charge < -0.3 is 9.05 Å². The van der Waals surface area contributed by atoms with E-state index in [-0.39, 0.29) is 5.41 Å². The molecular formula is C13H21O3P. The Morgan fingerprint density at radius 1 is 1.18 bits per heavy atom. The molecule has 0 bridgehead atoms. The molecule has 2 rings (SSSR count). The van der Waals surface area contributed by atoms with Crippen LogP contribution in [0.4, 0.5) is 0 Å². The van der Waals surface area contributed by atoms with E-state index in [1.54, 1.807) is 0 Å². The maximum Gasteiger partial charge on any atom is 0.361 e. The highest BCUT2D eigenvalue weighted by Crippen LogP contribution is 2.54. The van der Waals surface area contributed by atoms with Crippen molar-refractivity contribution in [3.63, 3.8) is 0 Å². The van der Waals surface area contributed by atoms with Crippen LogP contribution in [-0.2, 0) is 13.6 Å². The van der Waals surface area contributed by atoms with E-state index in [9.17, 15) is 4.57 Å². The standard InChI is InChI=1S/C13H21O3P/c1-13(2)10-15-17(14,16-11-13)9-8-12-6-4-3-5-7-12/h9H,3-7,10-11H2,1-2H3. The first kappa shape index (κ1) is 13.1. The van der Waals surface area contributed by atoms with Crippen molar-refractivity contribution in [2.75, 3.05) is 13.2 Å². The van der Waals surface area contributed by atoms with Gasteiger partial charge in [0.15, 0.2) is 0 Å². The molecule has 4 heteroatoms. The summed E-state index contributed by atoms with van der Waals surface area (Å²) in [5, 5.41) is 0. The minimum atomic E-state index is -3.02. The first-order valence-corrected chi connectivity index (χ1v) is 7.95. The smallest absolute Gasteiger partial charge is 0.305 e. The molecule has 2 fully saturated rings. The van der Waals surface area contributed by atoms with E-state index in [0.29, 0.717) is 13.2 Å². The number of hydrogen-bond acceptors (Lipinski definition) is 3. The van der Waals surface area contributed by atoms with Crippen molar-refractivity contribution in [2.45, 2.75) is 46.0 Å². The SMILES string of the molecule is CC1(C)COP(=O)(C=C=C2CCCCC2)OC1. The van der Waals surface area contributed by atoms with Crippen molar-refractivity contribution in [2.24, 2.45) is 5.41 Å². The molecule has 1 aliphatic heterocycles. The zero-order valence-electron chi connectivity index (χ0n) is 10.7. The summed E-state index contributed by atoms with van der Waals surface area (Å²) in [5.74, 6) is 1.53. The van der Waals surface area contributed by atoms with Gasteiger partial charge in [0.1, 0.15) is 0 Å². The second kappa shape index (κ2) is 5.12. The van der Waals surface area contributed by atoms with Crippen molar-refractivity contribution in [1.29, 1.82) is 0 Å². The maximum atomic E-state index is 12.2. The van der Waals surface area contributed by atoms with E-state index >= 15 is 0 Å². The van der Waals surface area contributed by atoms with Crippen LogP contribution in [0.25, 0.3) is 0 Å². The summed E-state index contributed by atoms with van der Waals surface area (Å²) < 4.78 is 22.9. The number of allylic oxidation sites excluding steroid dienone is 1. The Morgan fingerprint density at radius 2 is 1.76 bits per heavy atom. The van der Waals surface area contributed by atoms with Crippen LogP contribution in [0.1, 0.15) is 46.0 Å². The molecule has 1 aliphatic carbocycles. The van der Waals surface area contributed by atoms with Gasteiger partial charge in [0.05, 0.1) is 19.0 Å². The van der Waals surface area contributed by atoms with Crippen LogP contribution in [0.3, 0.4) is 0 Å². The molecule has 96 valence electrons. The third-order valence-electron chi connectivity index (χ3n) is 3.15. The summed E-state index contributed by atoms with van der Waals surface area (Å²) in [7, 11) is -3.02. The van der Waals surface area contributed by atoms with Crippen molar-refractivity contribution >= 4 is 7.60 Å². The van der Waals surface area contributed by atoms with E-state index < -0.39 is 7.60 Å². The van der Waals surface area contributed by atoms with Crippen molar-refractivity contribution < 1.29 is 13.6 Å². The van der Waals surface area contributed by atoms with Crippen molar-refractivity contribution in [3.05, 3.63) is 17.1 Å². The van der Waals surface area contributed by atoms with Crippen LogP contribution in [0.5, 0.6) is 0 Å². The third kappa shape index (κ3) is 3.82. The normalized spacial score (nSPS) is 27.3. The minimum Gasteiger partial charge on any atom is -0.305 e. The first-order valence-electron chi connectivity index (χ1n) is 6.34. The quantitative estimate of drug-likeness (QED) is 0.519. The van der Waals surface area contributed by atoms with E-state index in [4.69, 9.17) is 9.05 Å². The van der Waals surface area contributed by atoms with Gasteiger partial charge in [0.25, 0.3) is 0 Å². The highest BCUT2D eigenvalue weighted by atomic mass is 31.2. The lowest BCUT2D eigenvalue weighted by atomic mass is 9.96. The van der Waals surface area contributed by atoms with Gasteiger partial charge in [-0.15, -0.1) is 5.73 Å². The molecule has 0 spiro atoms. The fourth-order valence-electron chi connectivity index (χ4n) is 1.98. The van der Waals surface area contributed by atoms with Crippen molar-refractivity contribution in [1.82, 2.24) is 0 Å². The molecule has 0 radical (unpaired) electrons. The molecule has 0 unspecified atom stereocenters.